The van der Waals surface area contributed by atoms with E-state index in [0.717, 1.165) is 12.0 Å². The number of nitrogens with one attached hydrogen (secondary N) is 1. The van der Waals surface area contributed by atoms with Crippen LogP contribution in [0, 0.1) is 0 Å². The average Bonchev–Trinajstić information content (AvgIpc) is 2.47. The van der Waals surface area contributed by atoms with Crippen LogP contribution in [0.1, 0.15) is 31.4 Å². The molecule has 0 saturated carbocycles. The van der Waals surface area contributed by atoms with Crippen LogP contribution in [-0.2, 0) is 9.53 Å². The van der Waals surface area contributed by atoms with E-state index >= 15 is 0 Å². The van der Waals surface area contributed by atoms with E-state index in [9.17, 15) is 4.79 Å². The van der Waals surface area contributed by atoms with Gasteiger partial charge in [-0.15, -0.1) is 0 Å². The largest absolute Gasteiger partial charge is 0.461 e. The Morgan fingerprint density at radius 2 is 2.11 bits per heavy atom. The Morgan fingerprint density at radius 1 is 1.32 bits per heavy atom. The molecule has 0 amide bonds. The molecule has 0 aliphatic carbocycles. The van der Waals surface area contributed by atoms with Crippen LogP contribution in [0.25, 0.3) is 0 Å². The molecule has 0 aromatic heterocycles. The van der Waals surface area contributed by atoms with Gasteiger partial charge in [-0.3, -0.25) is 4.79 Å². The highest BCUT2D eigenvalue weighted by Crippen LogP contribution is 2.18. The lowest BCUT2D eigenvalue weighted by Gasteiger charge is -2.19. The van der Waals surface area contributed by atoms with Gasteiger partial charge >= 0.3 is 5.97 Å². The predicted octanol–water partition coefficient (Wildman–Crippen LogP) is 3.11. The topological polar surface area (TPSA) is 38.3 Å². The van der Waals surface area contributed by atoms with E-state index in [2.05, 4.69) is 23.5 Å². The van der Waals surface area contributed by atoms with Crippen molar-refractivity contribution in [2.24, 2.45) is 0 Å². The van der Waals surface area contributed by atoms with Crippen molar-refractivity contribution < 1.29 is 9.53 Å². The summed E-state index contributed by atoms with van der Waals surface area (Å²) in [5.74, 6) is -0.137. The molecule has 0 radical (unpaired) electrons. The maximum Gasteiger partial charge on any atom is 0.306 e. The predicted molar refractivity (Wildman–Crippen MR) is 75.4 cm³/mol. The Balaban J connectivity index is 1.84. The van der Waals surface area contributed by atoms with E-state index in [0.29, 0.717) is 13.0 Å². The lowest BCUT2D eigenvalue weighted by atomic mass is 10.0. The lowest BCUT2D eigenvalue weighted by molar-refractivity contribution is -0.142. The summed E-state index contributed by atoms with van der Waals surface area (Å²) in [4.78, 5) is 11.3. The third kappa shape index (κ3) is 3.98. The summed E-state index contributed by atoms with van der Waals surface area (Å²) in [5.41, 5.74) is 2.20. The number of benzene rings is 1. The fourth-order valence-corrected chi connectivity index (χ4v) is 1.92. The highest BCUT2D eigenvalue weighted by atomic mass is 16.5. The second-order valence-electron chi connectivity index (χ2n) is 4.54. The summed E-state index contributed by atoms with van der Waals surface area (Å²) in [5, 5.41) is 3.30. The maximum absolute atomic E-state index is 11.3. The summed E-state index contributed by atoms with van der Waals surface area (Å²) in [6.07, 6.45) is 7.31. The Kier molecular flexibility index (Phi) is 4.78. The van der Waals surface area contributed by atoms with Crippen molar-refractivity contribution >= 4 is 5.97 Å². The Bertz CT molecular complexity index is 477. The van der Waals surface area contributed by atoms with Gasteiger partial charge in [0.15, 0.2) is 0 Å². The van der Waals surface area contributed by atoms with Gasteiger partial charge in [-0.1, -0.05) is 49.4 Å². The maximum atomic E-state index is 11.3. The number of carbonyl (C=O) groups is 1. The van der Waals surface area contributed by atoms with Crippen molar-refractivity contribution in [1.29, 1.82) is 0 Å². The van der Waals surface area contributed by atoms with Crippen molar-refractivity contribution in [3.05, 3.63) is 59.8 Å². The van der Waals surface area contributed by atoms with Crippen LogP contribution in [0.15, 0.2) is 54.3 Å². The monoisotopic (exact) mass is 257 g/mol. The first-order valence-electron chi connectivity index (χ1n) is 6.63. The summed E-state index contributed by atoms with van der Waals surface area (Å²) in [6, 6.07) is 10.4. The first-order valence-corrected chi connectivity index (χ1v) is 6.63. The second-order valence-corrected chi connectivity index (χ2v) is 4.54. The third-order valence-electron chi connectivity index (χ3n) is 2.96. The minimum atomic E-state index is -0.137. The van der Waals surface area contributed by atoms with Crippen LogP contribution in [0.3, 0.4) is 0 Å². The van der Waals surface area contributed by atoms with Crippen LogP contribution in [-0.4, -0.2) is 12.6 Å². The molecule has 1 aromatic carbocycles. The zero-order valence-corrected chi connectivity index (χ0v) is 11.1. The second kappa shape index (κ2) is 6.78. The number of hydrogen-bond donors (Lipinski definition) is 1. The minimum Gasteiger partial charge on any atom is -0.461 e. The van der Waals surface area contributed by atoms with E-state index in [4.69, 9.17) is 4.74 Å². The van der Waals surface area contributed by atoms with Gasteiger partial charge < -0.3 is 10.1 Å². The molecule has 0 bridgehead atoms. The van der Waals surface area contributed by atoms with Gasteiger partial charge in [-0.2, -0.15) is 0 Å². The normalized spacial score (nSPS) is 17.5. The molecule has 1 aliphatic rings. The summed E-state index contributed by atoms with van der Waals surface area (Å²) < 4.78 is 5.16. The van der Waals surface area contributed by atoms with Crippen molar-refractivity contribution in [3.63, 3.8) is 0 Å². The molecule has 3 nitrogen and oxygen atoms in total. The van der Waals surface area contributed by atoms with Crippen LogP contribution < -0.4 is 5.32 Å². The number of carbonyl (C=O) groups excluding carboxylic acids is 1. The Hall–Kier alpha value is -2.03. The molecular weight excluding hydrogens is 238 g/mol. The van der Waals surface area contributed by atoms with Crippen molar-refractivity contribution in [2.45, 2.75) is 25.8 Å². The molecule has 1 N–H and O–H groups in total. The fourth-order valence-electron chi connectivity index (χ4n) is 1.92. The minimum absolute atomic E-state index is 0.137. The molecule has 1 unspecified atom stereocenters. The molecular formula is C16H19NO2. The van der Waals surface area contributed by atoms with E-state index in [1.165, 1.54) is 5.56 Å². The molecule has 100 valence electrons. The number of esters is 1. The zero-order chi connectivity index (χ0) is 13.5. The zero-order valence-electron chi connectivity index (χ0n) is 11.1. The van der Waals surface area contributed by atoms with Gasteiger partial charge in [0.1, 0.15) is 6.61 Å². The van der Waals surface area contributed by atoms with Gasteiger partial charge in [0.2, 0.25) is 0 Å². The van der Waals surface area contributed by atoms with Crippen LogP contribution >= 0.6 is 0 Å². The Morgan fingerprint density at radius 3 is 2.74 bits per heavy atom. The third-order valence-corrected chi connectivity index (χ3v) is 2.96. The van der Waals surface area contributed by atoms with E-state index < -0.39 is 0 Å². The molecule has 19 heavy (non-hydrogen) atoms. The van der Waals surface area contributed by atoms with Gasteiger partial charge in [0.05, 0.1) is 6.04 Å². The highest BCUT2D eigenvalue weighted by Gasteiger charge is 2.10. The van der Waals surface area contributed by atoms with Crippen LogP contribution in [0.5, 0.6) is 0 Å². The Labute approximate surface area is 114 Å². The number of rotatable bonds is 5. The molecule has 0 fully saturated rings. The lowest BCUT2D eigenvalue weighted by Crippen LogP contribution is -2.18. The summed E-state index contributed by atoms with van der Waals surface area (Å²) in [7, 11) is 0. The van der Waals surface area contributed by atoms with Gasteiger partial charge in [0, 0.05) is 18.2 Å². The van der Waals surface area contributed by atoms with Crippen molar-refractivity contribution in [2.75, 3.05) is 6.61 Å². The number of dihydropyridines is 1. The van der Waals surface area contributed by atoms with Crippen molar-refractivity contribution in [3.8, 4) is 0 Å². The number of hydrogen-bond acceptors (Lipinski definition) is 3. The SMILES string of the molecule is CCCC(=O)OCC1=CNC(c2ccccc2)C=C1. The van der Waals surface area contributed by atoms with Crippen LogP contribution in [0.4, 0.5) is 0 Å². The molecule has 2 rings (SSSR count). The smallest absolute Gasteiger partial charge is 0.306 e. The number of ether oxygens (including phenoxy) is 1. The first-order chi connectivity index (χ1) is 9.29. The van der Waals surface area contributed by atoms with E-state index in [1.54, 1.807) is 0 Å². The fraction of sp³-hybridized carbons (Fsp3) is 0.312. The van der Waals surface area contributed by atoms with Gasteiger partial charge in [-0.25, -0.2) is 0 Å². The average molecular weight is 257 g/mol. The molecule has 1 atom stereocenters. The molecule has 0 spiro atoms. The molecule has 0 saturated heterocycles. The summed E-state index contributed by atoms with van der Waals surface area (Å²) >= 11 is 0. The van der Waals surface area contributed by atoms with Gasteiger partial charge in [-0.05, 0) is 12.0 Å². The van der Waals surface area contributed by atoms with Crippen LogP contribution in [0.2, 0.25) is 0 Å². The molecule has 1 aromatic rings. The highest BCUT2D eigenvalue weighted by molar-refractivity contribution is 5.69. The standard InChI is InChI=1S/C16H19NO2/c1-2-6-16(18)19-12-13-9-10-15(17-11-13)14-7-4-3-5-8-14/h3-5,7-11,15,17H,2,6,12H2,1H3. The molecule has 1 aliphatic heterocycles. The van der Waals surface area contributed by atoms with E-state index in [-0.39, 0.29) is 12.0 Å². The quantitative estimate of drug-likeness (QED) is 0.824. The van der Waals surface area contributed by atoms with Crippen molar-refractivity contribution in [1.82, 2.24) is 5.32 Å². The molecule has 1 heterocycles. The first kappa shape index (κ1) is 13.4. The van der Waals surface area contributed by atoms with E-state index in [1.807, 2.05) is 37.4 Å². The summed E-state index contributed by atoms with van der Waals surface area (Å²) in [6.45, 7) is 2.30. The molecule has 3 heteroatoms. The van der Waals surface area contributed by atoms with Gasteiger partial charge in [0.25, 0.3) is 0 Å².